The molecule has 0 radical (unpaired) electrons. The van der Waals surface area contributed by atoms with Crippen molar-refractivity contribution in [1.82, 2.24) is 10.2 Å². The van der Waals surface area contributed by atoms with E-state index >= 15 is 0 Å². The summed E-state index contributed by atoms with van der Waals surface area (Å²) in [6.45, 7) is 1.17. The average molecular weight is 727 g/mol. The molecule has 1 N–H and O–H groups in total. The number of benzene rings is 4. The number of anilines is 1. The second-order valence-electron chi connectivity index (χ2n) is 12.1. The highest BCUT2D eigenvalue weighted by Crippen LogP contribution is 2.36. The number of rotatable bonds is 12. The Morgan fingerprint density at radius 3 is 2.15 bits per heavy atom. The summed E-state index contributed by atoms with van der Waals surface area (Å²) in [6.07, 6.45) is 5.08. The minimum Gasteiger partial charge on any atom is -0.352 e. The number of nitrogens with one attached hydrogen (secondary N) is 1. The van der Waals surface area contributed by atoms with Crippen molar-refractivity contribution in [1.29, 1.82) is 0 Å². The Morgan fingerprint density at radius 1 is 0.812 bits per heavy atom. The molecule has 7 nitrogen and oxygen atoms in total. The van der Waals surface area contributed by atoms with Gasteiger partial charge in [0.1, 0.15) is 12.6 Å². The highest BCUT2D eigenvalue weighted by atomic mass is 35.5. The number of carbonyl (C=O) groups excluding carboxylic acids is 2. The van der Waals surface area contributed by atoms with Gasteiger partial charge < -0.3 is 10.2 Å². The maximum absolute atomic E-state index is 14.7. The Kier molecular flexibility index (Phi) is 12.1. The third kappa shape index (κ3) is 8.72. The third-order valence-corrected chi connectivity index (χ3v) is 11.6. The van der Waals surface area contributed by atoms with Crippen molar-refractivity contribution in [3.8, 4) is 0 Å². The first kappa shape index (κ1) is 35.7. The molecule has 4 aromatic carbocycles. The number of amides is 2. The van der Waals surface area contributed by atoms with Crippen LogP contribution in [-0.4, -0.2) is 43.8 Å². The summed E-state index contributed by atoms with van der Waals surface area (Å²) >= 11 is 19.6. The van der Waals surface area contributed by atoms with Crippen LogP contribution in [0.3, 0.4) is 0 Å². The smallest absolute Gasteiger partial charge is 0.264 e. The molecule has 0 aliphatic heterocycles. The van der Waals surface area contributed by atoms with Crippen molar-refractivity contribution < 1.29 is 18.0 Å². The van der Waals surface area contributed by atoms with Crippen LogP contribution in [0.25, 0.3) is 0 Å². The number of sulfonamides is 1. The van der Waals surface area contributed by atoms with Crippen molar-refractivity contribution >= 4 is 62.3 Å². The minimum absolute atomic E-state index is 0.00882. The van der Waals surface area contributed by atoms with Gasteiger partial charge >= 0.3 is 0 Å². The Labute approximate surface area is 297 Å². The van der Waals surface area contributed by atoms with Crippen molar-refractivity contribution in [3.63, 3.8) is 0 Å². The minimum atomic E-state index is -4.33. The SMILES string of the molecule is Cc1ccc(S(=O)(=O)N(CC(=O)N(Cc2ccccc2Cl)[C@H](Cc2ccccc2)C(=O)NC2CCCCC2)c2cccc(Cl)c2Cl)cc1. The number of halogens is 3. The van der Waals surface area contributed by atoms with Gasteiger partial charge in [0.2, 0.25) is 11.8 Å². The predicted molar refractivity (Wildman–Crippen MR) is 193 cm³/mol. The molecule has 1 fully saturated rings. The van der Waals surface area contributed by atoms with Gasteiger partial charge in [-0.25, -0.2) is 8.42 Å². The topological polar surface area (TPSA) is 86.8 Å². The van der Waals surface area contributed by atoms with E-state index < -0.39 is 28.5 Å². The van der Waals surface area contributed by atoms with Crippen molar-refractivity contribution in [2.24, 2.45) is 0 Å². The highest BCUT2D eigenvalue weighted by Gasteiger charge is 2.36. The van der Waals surface area contributed by atoms with Crippen LogP contribution in [-0.2, 0) is 32.6 Å². The lowest BCUT2D eigenvalue weighted by molar-refractivity contribution is -0.140. The Hall–Kier alpha value is -3.56. The molecule has 48 heavy (non-hydrogen) atoms. The van der Waals surface area contributed by atoms with Gasteiger partial charge in [-0.2, -0.15) is 0 Å². The summed E-state index contributed by atoms with van der Waals surface area (Å²) in [6, 6.07) is 26.5. The van der Waals surface area contributed by atoms with Gasteiger partial charge in [0.25, 0.3) is 10.0 Å². The lowest BCUT2D eigenvalue weighted by atomic mass is 9.94. The van der Waals surface area contributed by atoms with Gasteiger partial charge in [0, 0.05) is 24.0 Å². The first-order valence-electron chi connectivity index (χ1n) is 15.9. The molecule has 1 atom stereocenters. The van der Waals surface area contributed by atoms with Gasteiger partial charge in [-0.15, -0.1) is 0 Å². The zero-order valence-corrected chi connectivity index (χ0v) is 29.7. The van der Waals surface area contributed by atoms with Crippen LogP contribution in [0.15, 0.2) is 102 Å². The molecule has 1 aliphatic rings. The molecule has 0 bridgehead atoms. The quantitative estimate of drug-likeness (QED) is 0.159. The van der Waals surface area contributed by atoms with Crippen LogP contribution in [0, 0.1) is 6.92 Å². The van der Waals surface area contributed by atoms with Crippen molar-refractivity contribution in [2.45, 2.75) is 69.0 Å². The summed E-state index contributed by atoms with van der Waals surface area (Å²) < 4.78 is 29.5. The Morgan fingerprint density at radius 2 is 1.46 bits per heavy atom. The van der Waals surface area contributed by atoms with Gasteiger partial charge in [0.05, 0.1) is 20.6 Å². The summed E-state index contributed by atoms with van der Waals surface area (Å²) in [5.41, 5.74) is 2.38. The normalized spacial score (nSPS) is 14.2. The third-order valence-electron chi connectivity index (χ3n) is 8.61. The Bertz CT molecular complexity index is 1830. The average Bonchev–Trinajstić information content (AvgIpc) is 3.08. The number of hydrogen-bond donors (Lipinski definition) is 1. The van der Waals surface area contributed by atoms with Crippen LogP contribution >= 0.6 is 34.8 Å². The number of aryl methyl sites for hydroxylation is 1. The molecule has 0 unspecified atom stereocenters. The molecule has 0 spiro atoms. The fourth-order valence-corrected chi connectivity index (χ4v) is 8.01. The molecular weight excluding hydrogens is 689 g/mol. The van der Waals surface area contributed by atoms with E-state index in [9.17, 15) is 18.0 Å². The number of nitrogens with zero attached hydrogens (tertiary/aromatic N) is 2. The van der Waals surface area contributed by atoms with E-state index in [1.54, 1.807) is 48.5 Å². The van der Waals surface area contributed by atoms with Crippen LogP contribution in [0.4, 0.5) is 5.69 Å². The van der Waals surface area contributed by atoms with E-state index in [0.717, 1.165) is 47.5 Å². The fourth-order valence-electron chi connectivity index (χ4n) is 5.94. The fraction of sp³-hybridized carbons (Fsp3) is 0.297. The molecule has 5 rings (SSSR count). The van der Waals surface area contributed by atoms with E-state index in [4.69, 9.17) is 34.8 Å². The standard InChI is InChI=1S/C37H38Cl3N3O4S/c1-26-19-21-30(22-20-26)48(46,47)43(33-18-10-17-32(39)36(33)40)25-35(44)42(24-28-13-8-9-16-31(28)38)34(23-27-11-4-2-5-12-27)37(45)41-29-14-6-3-7-15-29/h2,4-5,8-13,16-22,29,34H,3,6-7,14-15,23-25H2,1H3,(H,41,45)/t34-/m1/s1. The summed E-state index contributed by atoms with van der Waals surface area (Å²) in [4.78, 5) is 30.4. The molecule has 252 valence electrons. The molecular formula is C37H38Cl3N3O4S. The van der Waals surface area contributed by atoms with Gasteiger partial charge in [-0.1, -0.05) is 126 Å². The molecule has 4 aromatic rings. The summed E-state index contributed by atoms with van der Waals surface area (Å²) in [7, 11) is -4.33. The molecule has 1 saturated carbocycles. The van der Waals surface area contributed by atoms with Crippen LogP contribution < -0.4 is 9.62 Å². The van der Waals surface area contributed by atoms with E-state index in [-0.39, 0.29) is 45.5 Å². The second kappa shape index (κ2) is 16.2. The van der Waals surface area contributed by atoms with E-state index in [1.165, 1.54) is 23.1 Å². The first-order valence-corrected chi connectivity index (χ1v) is 18.5. The Balaban J connectivity index is 1.59. The zero-order valence-electron chi connectivity index (χ0n) is 26.6. The maximum Gasteiger partial charge on any atom is 0.264 e. The number of hydrogen-bond acceptors (Lipinski definition) is 4. The lowest BCUT2D eigenvalue weighted by Crippen LogP contribution is -2.55. The molecule has 2 amide bonds. The van der Waals surface area contributed by atoms with Crippen molar-refractivity contribution in [3.05, 3.63) is 129 Å². The highest BCUT2D eigenvalue weighted by molar-refractivity contribution is 7.92. The second-order valence-corrected chi connectivity index (χ2v) is 15.1. The molecule has 0 saturated heterocycles. The molecule has 1 aliphatic carbocycles. The van der Waals surface area contributed by atoms with Gasteiger partial charge in [-0.05, 0) is 61.2 Å². The summed E-state index contributed by atoms with van der Waals surface area (Å²) in [5, 5.41) is 3.74. The van der Waals surface area contributed by atoms with E-state index in [1.807, 2.05) is 37.3 Å². The van der Waals surface area contributed by atoms with Crippen LogP contribution in [0.2, 0.25) is 15.1 Å². The molecule has 0 aromatic heterocycles. The zero-order chi connectivity index (χ0) is 34.3. The van der Waals surface area contributed by atoms with Gasteiger partial charge in [0.15, 0.2) is 0 Å². The van der Waals surface area contributed by atoms with Crippen LogP contribution in [0.5, 0.6) is 0 Å². The maximum atomic E-state index is 14.7. The first-order chi connectivity index (χ1) is 23.0. The monoisotopic (exact) mass is 725 g/mol. The number of carbonyl (C=O) groups is 2. The van der Waals surface area contributed by atoms with Crippen molar-refractivity contribution in [2.75, 3.05) is 10.8 Å². The van der Waals surface area contributed by atoms with Gasteiger partial charge in [-0.3, -0.25) is 13.9 Å². The van der Waals surface area contributed by atoms with E-state index in [2.05, 4.69) is 5.32 Å². The lowest BCUT2D eigenvalue weighted by Gasteiger charge is -2.35. The van der Waals surface area contributed by atoms with E-state index in [0.29, 0.717) is 10.6 Å². The predicted octanol–water partition coefficient (Wildman–Crippen LogP) is 8.24. The van der Waals surface area contributed by atoms with Crippen LogP contribution in [0.1, 0.15) is 48.8 Å². The summed E-state index contributed by atoms with van der Waals surface area (Å²) in [5.74, 6) is -0.915. The molecule has 11 heteroatoms. The largest absolute Gasteiger partial charge is 0.352 e. The molecule has 0 heterocycles.